The van der Waals surface area contributed by atoms with Crippen LogP contribution in [0.25, 0.3) is 0 Å². The first kappa shape index (κ1) is 15.5. The summed E-state index contributed by atoms with van der Waals surface area (Å²) in [4.78, 5) is 39.0. The molecule has 2 rings (SSSR count). The second-order valence-corrected chi connectivity index (χ2v) is 4.30. The first-order valence-corrected chi connectivity index (χ1v) is 6.09. The number of amides is 1. The van der Waals surface area contributed by atoms with Crippen LogP contribution >= 0.6 is 0 Å². The standard InChI is InChI=1S/C9H6N2O2.C5H9NO/c1-7-2-3-8(10-5-12)4-9(7)11-6-13;1-6-4-2-3-5(6)7/h2-4H,1H3;2-4H2,1H3. The average Bonchev–Trinajstić information content (AvgIpc) is 2.79. The molecule has 1 heterocycles. The van der Waals surface area contributed by atoms with Gasteiger partial charge in [-0.25, -0.2) is 9.59 Å². The Labute approximate surface area is 116 Å². The highest BCUT2D eigenvalue weighted by atomic mass is 16.2. The highest BCUT2D eigenvalue weighted by Crippen LogP contribution is 2.23. The van der Waals surface area contributed by atoms with E-state index in [1.807, 2.05) is 7.05 Å². The fourth-order valence-corrected chi connectivity index (χ4v) is 1.67. The Morgan fingerprint density at radius 3 is 2.35 bits per heavy atom. The van der Waals surface area contributed by atoms with Gasteiger partial charge in [0.2, 0.25) is 18.1 Å². The van der Waals surface area contributed by atoms with Crippen LogP contribution in [0.4, 0.5) is 11.4 Å². The molecule has 1 aliphatic heterocycles. The van der Waals surface area contributed by atoms with Gasteiger partial charge in [-0.2, -0.15) is 9.98 Å². The Bertz CT molecular complexity index is 585. The van der Waals surface area contributed by atoms with Crippen molar-refractivity contribution in [3.63, 3.8) is 0 Å². The van der Waals surface area contributed by atoms with E-state index in [0.29, 0.717) is 17.3 Å². The third-order valence-electron chi connectivity index (χ3n) is 2.84. The van der Waals surface area contributed by atoms with Crippen molar-refractivity contribution >= 4 is 29.4 Å². The van der Waals surface area contributed by atoms with Gasteiger partial charge in [-0.3, -0.25) is 4.79 Å². The minimum atomic E-state index is 0.292. The lowest BCUT2D eigenvalue weighted by atomic mass is 10.2. The molecule has 1 fully saturated rings. The van der Waals surface area contributed by atoms with Crippen molar-refractivity contribution in [1.82, 2.24) is 4.90 Å². The SMILES string of the molecule is CN1CCCC1=O.Cc1ccc(N=C=O)cc1N=C=O. The third-order valence-corrected chi connectivity index (χ3v) is 2.84. The monoisotopic (exact) mass is 273 g/mol. The van der Waals surface area contributed by atoms with Gasteiger partial charge in [0.05, 0.1) is 11.4 Å². The zero-order valence-corrected chi connectivity index (χ0v) is 11.4. The van der Waals surface area contributed by atoms with E-state index in [0.717, 1.165) is 24.9 Å². The van der Waals surface area contributed by atoms with Crippen LogP contribution in [0.3, 0.4) is 0 Å². The Morgan fingerprint density at radius 1 is 1.20 bits per heavy atom. The molecule has 0 atom stereocenters. The van der Waals surface area contributed by atoms with E-state index in [-0.39, 0.29) is 0 Å². The molecule has 1 aromatic rings. The summed E-state index contributed by atoms with van der Waals surface area (Å²) in [6, 6.07) is 4.88. The molecule has 1 saturated heterocycles. The molecule has 1 amide bonds. The van der Waals surface area contributed by atoms with Crippen LogP contribution in [0.15, 0.2) is 28.2 Å². The lowest BCUT2D eigenvalue weighted by Gasteiger charge is -2.03. The van der Waals surface area contributed by atoms with Crippen LogP contribution in [0, 0.1) is 6.92 Å². The second-order valence-electron chi connectivity index (χ2n) is 4.30. The number of carbonyl (C=O) groups excluding carboxylic acids is 3. The number of rotatable bonds is 2. The van der Waals surface area contributed by atoms with Gasteiger partial charge in [0.1, 0.15) is 0 Å². The molecular formula is C14H15N3O3. The van der Waals surface area contributed by atoms with Crippen molar-refractivity contribution in [3.8, 4) is 0 Å². The lowest BCUT2D eigenvalue weighted by Crippen LogP contribution is -2.17. The number of carbonyl (C=O) groups is 1. The molecule has 6 heteroatoms. The molecule has 0 unspecified atom stereocenters. The Balaban J connectivity index is 0.000000240. The molecule has 0 aliphatic carbocycles. The van der Waals surface area contributed by atoms with Crippen LogP contribution in [0.2, 0.25) is 0 Å². The van der Waals surface area contributed by atoms with Crippen LogP contribution in [0.5, 0.6) is 0 Å². The first-order chi connectivity index (χ1) is 9.58. The molecule has 0 N–H and O–H groups in total. The van der Waals surface area contributed by atoms with E-state index in [1.54, 1.807) is 24.0 Å². The Hall–Kier alpha value is -2.55. The topological polar surface area (TPSA) is 79.2 Å². The maximum Gasteiger partial charge on any atom is 0.240 e. The van der Waals surface area contributed by atoms with Crippen molar-refractivity contribution in [3.05, 3.63) is 23.8 Å². The minimum absolute atomic E-state index is 0.292. The van der Waals surface area contributed by atoms with Gasteiger partial charge in [0.25, 0.3) is 0 Å². The number of aliphatic imine (C=N–C) groups is 2. The van der Waals surface area contributed by atoms with Crippen LogP contribution < -0.4 is 0 Å². The Kier molecular flexibility index (Phi) is 6.04. The van der Waals surface area contributed by atoms with E-state index >= 15 is 0 Å². The molecule has 0 aromatic heterocycles. The molecule has 0 bridgehead atoms. The third kappa shape index (κ3) is 4.61. The summed E-state index contributed by atoms with van der Waals surface area (Å²) < 4.78 is 0. The van der Waals surface area contributed by atoms with Gasteiger partial charge >= 0.3 is 0 Å². The highest BCUT2D eigenvalue weighted by molar-refractivity contribution is 5.77. The van der Waals surface area contributed by atoms with Gasteiger partial charge < -0.3 is 4.90 Å². The molecule has 1 aromatic carbocycles. The molecule has 20 heavy (non-hydrogen) atoms. The van der Waals surface area contributed by atoms with Gasteiger partial charge in [-0.15, -0.1) is 0 Å². The van der Waals surface area contributed by atoms with Crippen molar-refractivity contribution in [2.45, 2.75) is 19.8 Å². The first-order valence-electron chi connectivity index (χ1n) is 6.09. The lowest BCUT2D eigenvalue weighted by molar-refractivity contribution is -0.126. The number of hydrogen-bond acceptors (Lipinski definition) is 5. The van der Waals surface area contributed by atoms with E-state index in [2.05, 4.69) is 9.98 Å². The van der Waals surface area contributed by atoms with Crippen LogP contribution in [0.1, 0.15) is 18.4 Å². The van der Waals surface area contributed by atoms with E-state index in [4.69, 9.17) is 0 Å². The molecule has 6 nitrogen and oxygen atoms in total. The fraction of sp³-hybridized carbons (Fsp3) is 0.357. The van der Waals surface area contributed by atoms with Crippen molar-refractivity contribution in [1.29, 1.82) is 0 Å². The summed E-state index contributed by atoms with van der Waals surface area (Å²) in [7, 11) is 1.84. The van der Waals surface area contributed by atoms with E-state index < -0.39 is 0 Å². The maximum absolute atomic E-state index is 10.5. The summed E-state index contributed by atoms with van der Waals surface area (Å²) in [5, 5.41) is 0. The molecule has 0 spiro atoms. The second kappa shape index (κ2) is 7.79. The molecule has 0 radical (unpaired) electrons. The number of hydrogen-bond donors (Lipinski definition) is 0. The normalized spacial score (nSPS) is 12.9. The number of isocyanates is 2. The highest BCUT2D eigenvalue weighted by Gasteiger charge is 2.14. The summed E-state index contributed by atoms with van der Waals surface area (Å²) in [6.07, 6.45) is 4.65. The minimum Gasteiger partial charge on any atom is -0.346 e. The van der Waals surface area contributed by atoms with Gasteiger partial charge in [0.15, 0.2) is 0 Å². The predicted octanol–water partition coefficient (Wildman–Crippen LogP) is 2.17. The zero-order chi connectivity index (χ0) is 15.0. The molecular weight excluding hydrogens is 258 g/mol. The molecule has 1 aliphatic rings. The van der Waals surface area contributed by atoms with Crippen molar-refractivity contribution < 1.29 is 14.4 Å². The smallest absolute Gasteiger partial charge is 0.240 e. The van der Waals surface area contributed by atoms with E-state index in [9.17, 15) is 14.4 Å². The summed E-state index contributed by atoms with van der Waals surface area (Å²) in [6.45, 7) is 2.75. The number of nitrogens with zero attached hydrogens (tertiary/aromatic N) is 3. The van der Waals surface area contributed by atoms with Crippen LogP contribution in [-0.2, 0) is 14.4 Å². The van der Waals surface area contributed by atoms with Crippen molar-refractivity contribution in [2.24, 2.45) is 9.98 Å². The number of benzene rings is 1. The largest absolute Gasteiger partial charge is 0.346 e. The van der Waals surface area contributed by atoms with Crippen LogP contribution in [-0.4, -0.2) is 36.6 Å². The summed E-state index contributed by atoms with van der Waals surface area (Å²) in [5.41, 5.74) is 1.72. The molecule has 104 valence electrons. The van der Waals surface area contributed by atoms with Gasteiger partial charge in [-0.1, -0.05) is 6.07 Å². The predicted molar refractivity (Wildman–Crippen MR) is 73.6 cm³/mol. The zero-order valence-electron chi connectivity index (χ0n) is 11.4. The van der Waals surface area contributed by atoms with Gasteiger partial charge in [-0.05, 0) is 31.0 Å². The van der Waals surface area contributed by atoms with Gasteiger partial charge in [0, 0.05) is 20.0 Å². The summed E-state index contributed by atoms with van der Waals surface area (Å²) in [5.74, 6) is 0.292. The summed E-state index contributed by atoms with van der Waals surface area (Å²) >= 11 is 0. The van der Waals surface area contributed by atoms with Crippen molar-refractivity contribution in [2.75, 3.05) is 13.6 Å². The number of aryl methyl sites for hydroxylation is 1. The Morgan fingerprint density at radius 2 is 1.90 bits per heavy atom. The quantitative estimate of drug-likeness (QED) is 0.611. The molecule has 0 saturated carbocycles. The van der Waals surface area contributed by atoms with E-state index in [1.165, 1.54) is 18.2 Å². The number of likely N-dealkylation sites (tertiary alicyclic amines) is 1. The fourth-order valence-electron chi connectivity index (χ4n) is 1.67. The average molecular weight is 273 g/mol. The maximum atomic E-state index is 10.5.